The van der Waals surface area contributed by atoms with Crippen LogP contribution in [0.2, 0.25) is 0 Å². The SMILES string of the molecule is CCCCCC(CCC)COCCOCCOCCOCCOCCOCCOCCOCCO. The Morgan fingerprint density at radius 2 is 0.800 bits per heavy atom. The topological polar surface area (TPSA) is 94.1 Å². The monoisotopic (exact) mass is 510 g/mol. The zero-order chi connectivity index (χ0) is 25.5. The third kappa shape index (κ3) is 29.8. The van der Waals surface area contributed by atoms with E-state index in [2.05, 4.69) is 13.8 Å². The molecule has 35 heavy (non-hydrogen) atoms. The molecule has 1 N–H and O–H groups in total. The van der Waals surface area contributed by atoms with Gasteiger partial charge in [-0.1, -0.05) is 39.5 Å². The third-order valence-corrected chi connectivity index (χ3v) is 5.11. The minimum atomic E-state index is 0.0347. The van der Waals surface area contributed by atoms with Crippen LogP contribution >= 0.6 is 0 Å². The van der Waals surface area contributed by atoms with Crippen LogP contribution in [-0.4, -0.2) is 117 Å². The minimum absolute atomic E-state index is 0.0347. The highest BCUT2D eigenvalue weighted by atomic mass is 16.6. The van der Waals surface area contributed by atoms with E-state index in [1.165, 1.54) is 38.5 Å². The molecule has 0 aliphatic carbocycles. The van der Waals surface area contributed by atoms with Crippen molar-refractivity contribution < 1.29 is 43.0 Å². The number of rotatable bonds is 31. The van der Waals surface area contributed by atoms with Gasteiger partial charge in [0.2, 0.25) is 0 Å². The largest absolute Gasteiger partial charge is 0.394 e. The van der Waals surface area contributed by atoms with Gasteiger partial charge in [0.1, 0.15) is 0 Å². The van der Waals surface area contributed by atoms with Gasteiger partial charge in [0.15, 0.2) is 0 Å². The normalized spacial score (nSPS) is 12.4. The molecule has 0 aromatic rings. The van der Waals surface area contributed by atoms with Crippen molar-refractivity contribution in [2.45, 2.75) is 52.4 Å². The molecule has 0 saturated heterocycles. The summed E-state index contributed by atoms with van der Waals surface area (Å²) in [5.74, 6) is 0.689. The molecule has 1 unspecified atom stereocenters. The Bertz CT molecular complexity index is 375. The predicted molar refractivity (Wildman–Crippen MR) is 136 cm³/mol. The molecule has 0 saturated carbocycles. The average molecular weight is 511 g/mol. The molecule has 9 nitrogen and oxygen atoms in total. The van der Waals surface area contributed by atoms with E-state index in [0.29, 0.717) is 105 Å². The Kier molecular flexibility index (Phi) is 31.3. The van der Waals surface area contributed by atoms with Gasteiger partial charge >= 0.3 is 0 Å². The fraction of sp³-hybridized carbons (Fsp3) is 1.00. The van der Waals surface area contributed by atoms with Gasteiger partial charge in [-0.3, -0.25) is 0 Å². The summed E-state index contributed by atoms with van der Waals surface area (Å²) >= 11 is 0. The minimum Gasteiger partial charge on any atom is -0.394 e. The van der Waals surface area contributed by atoms with Crippen LogP contribution in [0, 0.1) is 5.92 Å². The standard InChI is InChI=1S/C26H54O9/c1-3-5-6-8-26(7-4-2)25-35-24-23-34-22-21-33-20-19-32-18-17-31-16-15-30-14-13-29-12-11-28-10-9-27/h26-27H,3-25H2,1-2H3. The Labute approximate surface area is 214 Å². The number of hydrogen-bond acceptors (Lipinski definition) is 9. The van der Waals surface area contributed by atoms with Gasteiger partial charge in [0.25, 0.3) is 0 Å². The summed E-state index contributed by atoms with van der Waals surface area (Å²) in [4.78, 5) is 0. The zero-order valence-corrected chi connectivity index (χ0v) is 22.6. The first-order valence-electron chi connectivity index (χ1n) is 13.6. The first-order valence-corrected chi connectivity index (χ1v) is 13.6. The molecule has 0 radical (unpaired) electrons. The van der Waals surface area contributed by atoms with E-state index in [0.717, 1.165) is 6.61 Å². The summed E-state index contributed by atoms with van der Waals surface area (Å²) in [5, 5.41) is 8.56. The van der Waals surface area contributed by atoms with Crippen LogP contribution in [-0.2, 0) is 37.9 Å². The number of aliphatic hydroxyl groups is 1. The van der Waals surface area contributed by atoms with E-state index in [4.69, 9.17) is 43.0 Å². The fourth-order valence-electron chi connectivity index (χ4n) is 3.26. The second-order valence-electron chi connectivity index (χ2n) is 8.24. The molecule has 1 atom stereocenters. The number of unbranched alkanes of at least 4 members (excludes halogenated alkanes) is 2. The van der Waals surface area contributed by atoms with Gasteiger partial charge in [0.05, 0.1) is 106 Å². The Morgan fingerprint density at radius 3 is 1.14 bits per heavy atom. The van der Waals surface area contributed by atoms with E-state index in [9.17, 15) is 0 Å². The van der Waals surface area contributed by atoms with Crippen LogP contribution in [0.1, 0.15) is 52.4 Å². The lowest BCUT2D eigenvalue weighted by Gasteiger charge is -2.16. The fourth-order valence-corrected chi connectivity index (χ4v) is 3.26. The van der Waals surface area contributed by atoms with Crippen molar-refractivity contribution in [2.75, 3.05) is 112 Å². The maximum Gasteiger partial charge on any atom is 0.0701 e. The first kappa shape index (κ1) is 34.6. The maximum atomic E-state index is 8.56. The maximum absolute atomic E-state index is 8.56. The summed E-state index contributed by atoms with van der Waals surface area (Å²) in [6, 6.07) is 0. The number of hydrogen-bond donors (Lipinski definition) is 1. The molecule has 0 heterocycles. The lowest BCUT2D eigenvalue weighted by molar-refractivity contribution is -0.0247. The van der Waals surface area contributed by atoms with Crippen LogP contribution in [0.5, 0.6) is 0 Å². The van der Waals surface area contributed by atoms with Gasteiger partial charge in [-0.05, 0) is 18.8 Å². The van der Waals surface area contributed by atoms with Crippen molar-refractivity contribution in [3.63, 3.8) is 0 Å². The lowest BCUT2D eigenvalue weighted by Crippen LogP contribution is -2.15. The van der Waals surface area contributed by atoms with Gasteiger partial charge < -0.3 is 43.0 Å². The molecule has 0 aromatic carbocycles. The molecule has 0 rings (SSSR count). The van der Waals surface area contributed by atoms with E-state index < -0.39 is 0 Å². The van der Waals surface area contributed by atoms with Gasteiger partial charge in [0, 0.05) is 6.61 Å². The van der Waals surface area contributed by atoms with Crippen molar-refractivity contribution in [3.05, 3.63) is 0 Å². The van der Waals surface area contributed by atoms with Crippen molar-refractivity contribution in [1.82, 2.24) is 0 Å². The zero-order valence-electron chi connectivity index (χ0n) is 22.6. The lowest BCUT2D eigenvalue weighted by atomic mass is 9.97. The molecule has 0 bridgehead atoms. The molecule has 0 spiro atoms. The number of aliphatic hydroxyl groups excluding tert-OH is 1. The highest BCUT2D eigenvalue weighted by Crippen LogP contribution is 2.16. The molecule has 9 heteroatoms. The van der Waals surface area contributed by atoms with E-state index in [-0.39, 0.29) is 6.61 Å². The Morgan fingerprint density at radius 1 is 0.429 bits per heavy atom. The Hall–Kier alpha value is -0.360. The molecule has 0 aliphatic heterocycles. The second-order valence-corrected chi connectivity index (χ2v) is 8.24. The molecular formula is C26H54O9. The van der Waals surface area contributed by atoms with Crippen LogP contribution in [0.15, 0.2) is 0 Å². The molecule has 0 amide bonds. The Balaban J connectivity index is 3.16. The summed E-state index contributed by atoms with van der Waals surface area (Å²) in [6.07, 6.45) is 7.66. The van der Waals surface area contributed by atoms with Crippen LogP contribution in [0.4, 0.5) is 0 Å². The summed E-state index contributed by atoms with van der Waals surface area (Å²) < 4.78 is 43.6. The second kappa shape index (κ2) is 31.7. The molecular weight excluding hydrogens is 456 g/mol. The quantitative estimate of drug-likeness (QED) is 0.141. The highest BCUT2D eigenvalue weighted by molar-refractivity contribution is 4.58. The summed E-state index contributed by atoms with van der Waals surface area (Å²) in [7, 11) is 0. The van der Waals surface area contributed by atoms with Crippen molar-refractivity contribution in [2.24, 2.45) is 5.92 Å². The smallest absolute Gasteiger partial charge is 0.0701 e. The van der Waals surface area contributed by atoms with E-state index in [1.807, 2.05) is 0 Å². The highest BCUT2D eigenvalue weighted by Gasteiger charge is 2.07. The average Bonchev–Trinajstić information content (AvgIpc) is 2.86. The van der Waals surface area contributed by atoms with Gasteiger partial charge in [-0.25, -0.2) is 0 Å². The van der Waals surface area contributed by atoms with Crippen LogP contribution in [0.3, 0.4) is 0 Å². The predicted octanol–water partition coefficient (Wildman–Crippen LogP) is 3.11. The molecule has 0 aliphatic rings. The summed E-state index contributed by atoms with van der Waals surface area (Å²) in [6.45, 7) is 13.3. The van der Waals surface area contributed by atoms with E-state index in [1.54, 1.807) is 0 Å². The number of ether oxygens (including phenoxy) is 8. The molecule has 0 aromatic heterocycles. The summed E-state index contributed by atoms with van der Waals surface area (Å²) in [5.41, 5.74) is 0. The first-order chi connectivity index (χ1) is 17.3. The van der Waals surface area contributed by atoms with Gasteiger partial charge in [-0.15, -0.1) is 0 Å². The van der Waals surface area contributed by atoms with Crippen molar-refractivity contribution in [1.29, 1.82) is 0 Å². The van der Waals surface area contributed by atoms with Crippen LogP contribution in [0.25, 0.3) is 0 Å². The molecule has 0 fully saturated rings. The van der Waals surface area contributed by atoms with E-state index >= 15 is 0 Å². The van der Waals surface area contributed by atoms with Crippen molar-refractivity contribution in [3.8, 4) is 0 Å². The van der Waals surface area contributed by atoms with Crippen LogP contribution < -0.4 is 0 Å². The van der Waals surface area contributed by atoms with Gasteiger partial charge in [-0.2, -0.15) is 0 Å². The van der Waals surface area contributed by atoms with Crippen molar-refractivity contribution >= 4 is 0 Å². The third-order valence-electron chi connectivity index (χ3n) is 5.11. The molecule has 212 valence electrons.